The van der Waals surface area contributed by atoms with Gasteiger partial charge in [-0.3, -0.25) is 0 Å². The quantitative estimate of drug-likeness (QED) is 0.390. The third-order valence-electron chi connectivity index (χ3n) is 8.37. The van der Waals surface area contributed by atoms with Crippen LogP contribution < -0.4 is 10.5 Å². The number of hydrogen-bond acceptors (Lipinski definition) is 9. The summed E-state index contributed by atoms with van der Waals surface area (Å²) in [4.78, 5) is 8.84. The van der Waals surface area contributed by atoms with Crippen molar-refractivity contribution in [2.45, 2.75) is 68.3 Å². The van der Waals surface area contributed by atoms with Gasteiger partial charge in [0.1, 0.15) is 35.7 Å². The minimum atomic E-state index is -0.864. The van der Waals surface area contributed by atoms with Crippen LogP contribution in [-0.2, 0) is 18.2 Å². The Balaban J connectivity index is 1.16. The zero-order valence-electron chi connectivity index (χ0n) is 20.7. The summed E-state index contributed by atoms with van der Waals surface area (Å²) in [6.07, 6.45) is 9.92. The number of tetrazole rings is 1. The summed E-state index contributed by atoms with van der Waals surface area (Å²) < 4.78 is 16.1. The summed E-state index contributed by atoms with van der Waals surface area (Å²) >= 11 is 0. The molecule has 1 aromatic carbocycles. The molecule has 1 saturated carbocycles. The van der Waals surface area contributed by atoms with Gasteiger partial charge in [0.2, 0.25) is 0 Å². The molecule has 5 heterocycles. The van der Waals surface area contributed by atoms with Crippen LogP contribution in [-0.4, -0.2) is 63.8 Å². The van der Waals surface area contributed by atoms with E-state index in [-0.39, 0.29) is 11.6 Å². The predicted octanol–water partition coefficient (Wildman–Crippen LogP) is 2.60. The van der Waals surface area contributed by atoms with Crippen LogP contribution >= 0.6 is 0 Å². The molecule has 7 rings (SSSR count). The lowest BCUT2D eigenvalue weighted by Crippen LogP contribution is -2.46. The third-order valence-corrected chi connectivity index (χ3v) is 8.37. The van der Waals surface area contributed by atoms with Gasteiger partial charge in [0.15, 0.2) is 5.82 Å². The Kier molecular flexibility index (Phi) is 5.02. The number of fused-ring (bicyclic) bond motifs is 3. The van der Waals surface area contributed by atoms with E-state index in [1.165, 1.54) is 6.33 Å². The van der Waals surface area contributed by atoms with Crippen LogP contribution in [0.25, 0.3) is 22.2 Å². The molecule has 3 aromatic heterocycles. The molecule has 3 fully saturated rings. The van der Waals surface area contributed by atoms with Gasteiger partial charge < -0.3 is 24.9 Å². The van der Waals surface area contributed by atoms with Gasteiger partial charge in [-0.1, -0.05) is 12.1 Å². The highest BCUT2D eigenvalue weighted by Gasteiger charge is 2.47. The van der Waals surface area contributed by atoms with E-state index >= 15 is 0 Å². The second-order valence-electron chi connectivity index (χ2n) is 10.9. The lowest BCUT2D eigenvalue weighted by Gasteiger charge is -2.44. The molecule has 4 aromatic rings. The minimum Gasteiger partial charge on any atom is -0.491 e. The molecule has 2 saturated heterocycles. The molecule has 2 aliphatic heterocycles. The van der Waals surface area contributed by atoms with E-state index < -0.39 is 5.60 Å². The van der Waals surface area contributed by atoms with Gasteiger partial charge in [-0.25, -0.2) is 14.6 Å². The number of nitrogens with zero attached hydrogens (tertiary/aromatic N) is 7. The molecular weight excluding hydrogens is 472 g/mol. The van der Waals surface area contributed by atoms with Crippen molar-refractivity contribution in [2.24, 2.45) is 7.05 Å². The van der Waals surface area contributed by atoms with Crippen LogP contribution in [0.5, 0.6) is 5.75 Å². The van der Waals surface area contributed by atoms with Gasteiger partial charge in [0.25, 0.3) is 0 Å². The second kappa shape index (κ2) is 8.22. The first-order valence-corrected chi connectivity index (χ1v) is 12.9. The average molecular weight is 503 g/mol. The monoisotopic (exact) mass is 502 g/mol. The highest BCUT2D eigenvalue weighted by atomic mass is 16.6. The van der Waals surface area contributed by atoms with E-state index in [9.17, 15) is 5.11 Å². The number of aliphatic hydroxyl groups is 1. The molecule has 37 heavy (non-hydrogen) atoms. The van der Waals surface area contributed by atoms with Gasteiger partial charge >= 0.3 is 0 Å². The molecule has 0 spiro atoms. The Bertz CT molecular complexity index is 1470. The van der Waals surface area contributed by atoms with Crippen molar-refractivity contribution in [3.05, 3.63) is 42.6 Å². The van der Waals surface area contributed by atoms with Gasteiger partial charge in [-0.2, -0.15) is 0 Å². The zero-order chi connectivity index (χ0) is 25.2. The summed E-state index contributed by atoms with van der Waals surface area (Å²) in [6, 6.07) is 8.14. The molecule has 1 aliphatic carbocycles. The number of ether oxygens (including phenoxy) is 2. The first-order chi connectivity index (χ1) is 17.9. The first kappa shape index (κ1) is 22.6. The standard InChI is InChI=1S/C26H30N8O3/c1-33-21(30-31-32-33)12-25(35)10-17(11-25)34-13-20(22-23(27)28-15-29-24(22)34)16-3-2-4-19(9-16)36-14-26-7-5-18(37-26)6-8-26/h2-4,9,13,15,17-18,35H,5-8,10-12,14H2,1H3,(H2,27,28,29). The van der Waals surface area contributed by atoms with Crippen LogP contribution in [0.1, 0.15) is 50.4 Å². The summed E-state index contributed by atoms with van der Waals surface area (Å²) in [5.74, 6) is 1.90. The molecule has 11 nitrogen and oxygen atoms in total. The van der Waals surface area contributed by atoms with Crippen LogP contribution in [0.3, 0.4) is 0 Å². The summed E-state index contributed by atoms with van der Waals surface area (Å²) in [6.45, 7) is 0.571. The number of rotatable bonds is 7. The SMILES string of the molecule is Cn1nnnc1CC1(O)CC(n2cc(-c3cccc(OCC45CCC(CC4)O5)c3)c3c(N)ncnc32)C1. The summed E-state index contributed by atoms with van der Waals surface area (Å²) in [7, 11) is 1.78. The predicted molar refractivity (Wildman–Crippen MR) is 135 cm³/mol. The van der Waals surface area contributed by atoms with Crippen LogP contribution in [0.15, 0.2) is 36.8 Å². The molecule has 3 aliphatic rings. The van der Waals surface area contributed by atoms with Crippen LogP contribution in [0, 0.1) is 0 Å². The summed E-state index contributed by atoms with van der Waals surface area (Å²) in [5, 5.41) is 23.5. The van der Waals surface area contributed by atoms with E-state index in [2.05, 4.69) is 36.3 Å². The van der Waals surface area contributed by atoms with Crippen LogP contribution in [0.4, 0.5) is 5.82 Å². The highest BCUT2D eigenvalue weighted by molar-refractivity contribution is 6.00. The Morgan fingerprint density at radius 1 is 1.22 bits per heavy atom. The fourth-order valence-electron chi connectivity index (χ4n) is 6.31. The molecule has 11 heteroatoms. The Morgan fingerprint density at radius 2 is 2.05 bits per heavy atom. The number of aromatic nitrogens is 7. The van der Waals surface area contributed by atoms with Crippen LogP contribution in [0.2, 0.25) is 0 Å². The highest BCUT2D eigenvalue weighted by Crippen LogP contribution is 2.47. The maximum Gasteiger partial charge on any atom is 0.153 e. The largest absolute Gasteiger partial charge is 0.491 e. The van der Waals surface area contributed by atoms with Crippen molar-refractivity contribution in [2.75, 3.05) is 12.3 Å². The third kappa shape index (κ3) is 3.84. The van der Waals surface area contributed by atoms with Gasteiger partial charge in [-0.05, 0) is 66.6 Å². The van der Waals surface area contributed by atoms with E-state index in [0.717, 1.165) is 53.6 Å². The molecule has 0 radical (unpaired) electrons. The number of aryl methyl sites for hydroxylation is 1. The molecule has 0 unspecified atom stereocenters. The van der Waals surface area contributed by atoms with Crippen molar-refractivity contribution in [1.82, 2.24) is 34.7 Å². The Hall–Kier alpha value is -3.57. The Labute approximate surface area is 213 Å². The molecule has 0 atom stereocenters. The molecule has 0 amide bonds. The van der Waals surface area contributed by atoms with Gasteiger partial charge in [0, 0.05) is 31.3 Å². The number of anilines is 1. The van der Waals surface area contributed by atoms with Crippen molar-refractivity contribution < 1.29 is 14.6 Å². The lowest BCUT2D eigenvalue weighted by molar-refractivity contribution is -0.0674. The van der Waals surface area contributed by atoms with Crippen molar-refractivity contribution >= 4 is 16.9 Å². The normalized spacial score (nSPS) is 28.6. The van der Waals surface area contributed by atoms with E-state index in [1.54, 1.807) is 11.7 Å². The second-order valence-corrected chi connectivity index (χ2v) is 10.9. The van der Waals surface area contributed by atoms with Crippen molar-refractivity contribution in [3.8, 4) is 16.9 Å². The molecule has 2 bridgehead atoms. The smallest absolute Gasteiger partial charge is 0.153 e. The molecule has 192 valence electrons. The lowest BCUT2D eigenvalue weighted by atomic mass is 9.73. The number of nitrogen functional groups attached to an aromatic ring is 1. The van der Waals surface area contributed by atoms with E-state index in [1.807, 2.05) is 24.3 Å². The molecular formula is C26H30N8O3. The average Bonchev–Trinajstić information content (AvgIpc) is 3.66. The first-order valence-electron chi connectivity index (χ1n) is 12.9. The van der Waals surface area contributed by atoms with Crippen molar-refractivity contribution in [3.63, 3.8) is 0 Å². The van der Waals surface area contributed by atoms with Crippen molar-refractivity contribution in [1.29, 1.82) is 0 Å². The topological polar surface area (TPSA) is 139 Å². The number of benzene rings is 1. The minimum absolute atomic E-state index is 0.0742. The molecule has 3 N–H and O–H groups in total. The van der Waals surface area contributed by atoms with Gasteiger partial charge in [-0.15, -0.1) is 5.10 Å². The maximum absolute atomic E-state index is 11.1. The number of nitrogens with two attached hydrogens (primary N) is 1. The summed E-state index contributed by atoms with van der Waals surface area (Å²) in [5.41, 5.74) is 8.06. The zero-order valence-corrected chi connectivity index (χ0v) is 20.7. The maximum atomic E-state index is 11.1. The fourth-order valence-corrected chi connectivity index (χ4v) is 6.31. The van der Waals surface area contributed by atoms with Gasteiger partial charge in [0.05, 0.1) is 17.1 Å². The van der Waals surface area contributed by atoms with E-state index in [0.29, 0.717) is 43.6 Å². The number of hydrogen-bond donors (Lipinski definition) is 2. The van der Waals surface area contributed by atoms with E-state index in [4.69, 9.17) is 15.2 Å². The fraction of sp³-hybridized carbons (Fsp3) is 0.500. The Morgan fingerprint density at radius 3 is 2.78 bits per heavy atom.